The van der Waals surface area contributed by atoms with Crippen LogP contribution in [0.3, 0.4) is 0 Å². The third-order valence-electron chi connectivity index (χ3n) is 4.84. The highest BCUT2D eigenvalue weighted by atomic mass is 79.9. The molecule has 4 rings (SSSR count). The van der Waals surface area contributed by atoms with Crippen LogP contribution in [0.5, 0.6) is 0 Å². The van der Waals surface area contributed by atoms with Gasteiger partial charge in [-0.15, -0.1) is 0 Å². The molecule has 2 N–H and O–H groups in total. The summed E-state index contributed by atoms with van der Waals surface area (Å²) in [4.78, 5) is 4.84. The molecule has 0 radical (unpaired) electrons. The number of halogens is 2. The van der Waals surface area contributed by atoms with Crippen LogP contribution in [0.25, 0.3) is 12.2 Å². The van der Waals surface area contributed by atoms with Crippen molar-refractivity contribution in [2.45, 2.75) is 18.4 Å². The highest BCUT2D eigenvalue weighted by Gasteiger charge is 2.39. The van der Waals surface area contributed by atoms with E-state index in [2.05, 4.69) is 56.9 Å². The number of nitrogens with zero attached hydrogens (tertiary/aromatic N) is 1. The summed E-state index contributed by atoms with van der Waals surface area (Å²) in [6.45, 7) is 2.90. The Morgan fingerprint density at radius 1 is 1.08 bits per heavy atom. The van der Waals surface area contributed by atoms with Gasteiger partial charge in [-0.1, -0.05) is 29.8 Å². The lowest BCUT2D eigenvalue weighted by Crippen LogP contribution is -2.49. The molecule has 5 heteroatoms. The fraction of sp³-hybridized carbons (Fsp3) is 0.316. The zero-order chi connectivity index (χ0) is 16.6. The summed E-state index contributed by atoms with van der Waals surface area (Å²) in [7, 11) is 0. The van der Waals surface area contributed by atoms with Gasteiger partial charge in [0.1, 0.15) is 0 Å². The van der Waals surface area contributed by atoms with E-state index in [0.717, 1.165) is 58.8 Å². The first-order valence-electron chi connectivity index (χ1n) is 8.29. The molecule has 0 bridgehead atoms. The quantitative estimate of drug-likeness (QED) is 0.691. The van der Waals surface area contributed by atoms with Crippen molar-refractivity contribution >= 4 is 39.7 Å². The normalized spacial score (nSPS) is 23.1. The van der Waals surface area contributed by atoms with Crippen molar-refractivity contribution in [3.8, 4) is 0 Å². The second-order valence-electron chi connectivity index (χ2n) is 6.34. The number of aromatic nitrogens is 1. The maximum absolute atomic E-state index is 6.26. The molecule has 124 valence electrons. The largest absolute Gasteiger partial charge is 0.315 e. The number of nitrogens with one attached hydrogen (secondary N) is 2. The number of rotatable bonds is 0. The van der Waals surface area contributed by atoms with E-state index in [-0.39, 0.29) is 5.54 Å². The molecular weight excluding hydrogens is 386 g/mol. The van der Waals surface area contributed by atoms with Gasteiger partial charge >= 0.3 is 0 Å². The highest BCUT2D eigenvalue weighted by Crippen LogP contribution is 2.41. The summed E-state index contributed by atoms with van der Waals surface area (Å²) in [5, 5.41) is 8.03. The van der Waals surface area contributed by atoms with E-state index in [4.69, 9.17) is 16.6 Å². The van der Waals surface area contributed by atoms with E-state index < -0.39 is 0 Å². The zero-order valence-corrected chi connectivity index (χ0v) is 15.6. The molecular formula is C19H19BrClN3. The average Bonchev–Trinajstić information content (AvgIpc) is 2.66. The second kappa shape index (κ2) is 6.60. The number of fused-ring (bicyclic) bond motifs is 4. The van der Waals surface area contributed by atoms with E-state index in [1.54, 1.807) is 0 Å². The third-order valence-corrected chi connectivity index (χ3v) is 5.51. The van der Waals surface area contributed by atoms with Crippen molar-refractivity contribution in [1.29, 1.82) is 0 Å². The molecule has 2 aliphatic rings. The number of pyridine rings is 1. The Kier molecular flexibility index (Phi) is 4.48. The van der Waals surface area contributed by atoms with Crippen LogP contribution in [-0.2, 0) is 5.54 Å². The van der Waals surface area contributed by atoms with Crippen LogP contribution in [0, 0.1) is 0 Å². The molecule has 3 nitrogen and oxygen atoms in total. The van der Waals surface area contributed by atoms with Crippen LogP contribution in [0.2, 0.25) is 5.02 Å². The van der Waals surface area contributed by atoms with Crippen LogP contribution in [0.4, 0.5) is 0 Å². The molecule has 1 fully saturated rings. The minimum Gasteiger partial charge on any atom is -0.315 e. The Morgan fingerprint density at radius 3 is 2.88 bits per heavy atom. The van der Waals surface area contributed by atoms with Gasteiger partial charge in [0, 0.05) is 28.8 Å². The van der Waals surface area contributed by atoms with Crippen molar-refractivity contribution in [3.63, 3.8) is 0 Å². The SMILES string of the molecule is Clc1ccc2c(c1)C=Cc1cc(Br)cnc1C21CCCNCCN1. The van der Waals surface area contributed by atoms with Gasteiger partial charge in [0.15, 0.2) is 0 Å². The molecule has 2 heterocycles. The fourth-order valence-electron chi connectivity index (χ4n) is 3.79. The monoisotopic (exact) mass is 403 g/mol. The Balaban J connectivity index is 1.97. The van der Waals surface area contributed by atoms with Crippen LogP contribution >= 0.6 is 27.5 Å². The van der Waals surface area contributed by atoms with Gasteiger partial charge < -0.3 is 10.6 Å². The van der Waals surface area contributed by atoms with Crippen molar-refractivity contribution < 1.29 is 0 Å². The van der Waals surface area contributed by atoms with E-state index in [9.17, 15) is 0 Å². The van der Waals surface area contributed by atoms with Crippen molar-refractivity contribution in [2.24, 2.45) is 0 Å². The predicted octanol–water partition coefficient (Wildman–Crippen LogP) is 4.20. The van der Waals surface area contributed by atoms with E-state index in [0.29, 0.717) is 0 Å². The van der Waals surface area contributed by atoms with Crippen molar-refractivity contribution in [3.05, 3.63) is 62.3 Å². The predicted molar refractivity (Wildman–Crippen MR) is 103 cm³/mol. The molecule has 1 aromatic heterocycles. The van der Waals surface area contributed by atoms with E-state index in [1.807, 2.05) is 12.3 Å². The molecule has 1 atom stereocenters. The van der Waals surface area contributed by atoms with Gasteiger partial charge in [0.25, 0.3) is 0 Å². The fourth-order valence-corrected chi connectivity index (χ4v) is 4.32. The molecule has 2 aromatic rings. The Bertz CT molecular complexity index is 738. The molecule has 24 heavy (non-hydrogen) atoms. The summed E-state index contributed by atoms with van der Waals surface area (Å²) in [6.07, 6.45) is 8.29. The molecule has 1 spiro atoms. The maximum atomic E-state index is 6.26. The number of hydrogen-bond donors (Lipinski definition) is 2. The summed E-state index contributed by atoms with van der Waals surface area (Å²) in [5.74, 6) is 0. The smallest absolute Gasteiger partial charge is 0.0876 e. The minimum atomic E-state index is -0.276. The van der Waals surface area contributed by atoms with Gasteiger partial charge in [-0.05, 0) is 70.2 Å². The average molecular weight is 405 g/mol. The van der Waals surface area contributed by atoms with E-state index >= 15 is 0 Å². The third kappa shape index (κ3) is 2.82. The molecule has 1 aliphatic carbocycles. The maximum Gasteiger partial charge on any atom is 0.0876 e. The zero-order valence-electron chi connectivity index (χ0n) is 13.3. The van der Waals surface area contributed by atoms with Gasteiger partial charge in [0.2, 0.25) is 0 Å². The lowest BCUT2D eigenvalue weighted by Gasteiger charge is -2.38. The second-order valence-corrected chi connectivity index (χ2v) is 7.69. The lowest BCUT2D eigenvalue weighted by atomic mass is 9.79. The van der Waals surface area contributed by atoms with Crippen molar-refractivity contribution in [2.75, 3.05) is 19.6 Å². The first-order valence-corrected chi connectivity index (χ1v) is 9.46. The van der Waals surface area contributed by atoms with Gasteiger partial charge in [0.05, 0.1) is 11.2 Å². The summed E-state index contributed by atoms with van der Waals surface area (Å²) >= 11 is 9.82. The lowest BCUT2D eigenvalue weighted by molar-refractivity contribution is 0.330. The number of hydrogen-bond acceptors (Lipinski definition) is 3. The first-order chi connectivity index (χ1) is 11.7. The Hall–Kier alpha value is -1.20. The summed E-state index contributed by atoms with van der Waals surface area (Å²) < 4.78 is 0.998. The highest BCUT2D eigenvalue weighted by molar-refractivity contribution is 9.10. The number of benzene rings is 1. The first kappa shape index (κ1) is 16.3. The minimum absolute atomic E-state index is 0.276. The summed E-state index contributed by atoms with van der Waals surface area (Å²) in [5.41, 5.74) is 4.40. The molecule has 1 saturated heterocycles. The summed E-state index contributed by atoms with van der Waals surface area (Å²) in [6, 6.07) is 8.34. The molecule has 0 amide bonds. The van der Waals surface area contributed by atoms with Crippen LogP contribution < -0.4 is 10.6 Å². The van der Waals surface area contributed by atoms with Gasteiger partial charge in [-0.2, -0.15) is 0 Å². The molecule has 1 aromatic carbocycles. The molecule has 0 saturated carbocycles. The van der Waals surface area contributed by atoms with Crippen LogP contribution in [0.15, 0.2) is 34.9 Å². The van der Waals surface area contributed by atoms with Gasteiger partial charge in [-0.3, -0.25) is 4.98 Å². The van der Waals surface area contributed by atoms with Crippen molar-refractivity contribution in [1.82, 2.24) is 15.6 Å². The molecule has 1 aliphatic heterocycles. The topological polar surface area (TPSA) is 37.0 Å². The van der Waals surface area contributed by atoms with Crippen LogP contribution in [-0.4, -0.2) is 24.6 Å². The Labute approximate surface area is 155 Å². The standard InChI is InChI=1S/C19H19BrClN3/c20-15-10-14-3-2-13-11-16(21)4-5-17(13)19(18(14)23-12-15)6-1-7-22-8-9-24-19/h2-5,10-12,22,24H,1,6-9H2. The Morgan fingerprint density at radius 2 is 1.96 bits per heavy atom. The van der Waals surface area contributed by atoms with E-state index in [1.165, 1.54) is 5.56 Å². The molecule has 1 unspecified atom stereocenters. The van der Waals surface area contributed by atoms with Gasteiger partial charge in [-0.25, -0.2) is 0 Å². The van der Waals surface area contributed by atoms with Crippen LogP contribution in [0.1, 0.15) is 35.2 Å².